The number of likely N-dealkylation sites (N-methyl/N-ethyl adjacent to an activating group) is 1. The third-order valence-electron chi connectivity index (χ3n) is 14.0. The average Bonchev–Trinajstić information content (AvgIpc) is 3.33. The zero-order chi connectivity index (χ0) is 51.8. The number of oxime groups is 1. The average molecular weight is 983 g/mol. The number of nitrogens with one attached hydrogen (secondary N) is 2. The number of rotatable bonds is 22. The van der Waals surface area contributed by atoms with Crippen LogP contribution >= 0.6 is 0 Å². The molecule has 70 heavy (non-hydrogen) atoms. The van der Waals surface area contributed by atoms with Gasteiger partial charge in [-0.3, -0.25) is 19.2 Å². The number of nitrogens with zero attached hydrogens (tertiary/aromatic N) is 2. The van der Waals surface area contributed by atoms with Crippen molar-refractivity contribution >= 4 is 29.0 Å². The van der Waals surface area contributed by atoms with Crippen LogP contribution in [-0.2, 0) is 49.5 Å². The van der Waals surface area contributed by atoms with Crippen molar-refractivity contribution in [3.63, 3.8) is 0 Å². The fourth-order valence-electron chi connectivity index (χ4n) is 9.50. The summed E-state index contributed by atoms with van der Waals surface area (Å²) in [4.78, 5) is 60.8. The molecule has 2 saturated heterocycles. The summed E-state index contributed by atoms with van der Waals surface area (Å²) in [6.45, 7) is 15.3. The topological polar surface area (TPSA) is 224 Å². The largest absolute Gasteiger partial charge is 0.459 e. The van der Waals surface area contributed by atoms with E-state index >= 15 is 0 Å². The minimum atomic E-state index is -1.96. The molecule has 0 saturated carbocycles. The maximum absolute atomic E-state index is 14.2. The summed E-state index contributed by atoms with van der Waals surface area (Å²) in [5, 5.41) is 46.2. The van der Waals surface area contributed by atoms with Gasteiger partial charge in [0.05, 0.1) is 29.6 Å². The second kappa shape index (κ2) is 27.6. The number of para-hydroxylation sites is 1. The molecule has 2 fully saturated rings. The Labute approximate surface area is 415 Å². The van der Waals surface area contributed by atoms with Gasteiger partial charge in [-0.2, -0.15) is 0 Å². The van der Waals surface area contributed by atoms with Crippen LogP contribution in [0, 0.1) is 23.7 Å². The molecule has 392 valence electrons. The first-order valence-electron chi connectivity index (χ1n) is 24.9. The van der Waals surface area contributed by atoms with Crippen molar-refractivity contribution in [2.24, 2.45) is 28.8 Å². The zero-order valence-corrected chi connectivity index (χ0v) is 43.4. The molecule has 0 unspecified atom stereocenters. The number of methoxy groups -OCH3 is 1. The molecule has 0 aromatic heterocycles. The first-order valence-corrected chi connectivity index (χ1v) is 24.9. The molecule has 2 heterocycles. The van der Waals surface area contributed by atoms with Crippen molar-refractivity contribution in [1.29, 1.82) is 0 Å². The van der Waals surface area contributed by atoms with Crippen molar-refractivity contribution in [2.75, 3.05) is 47.4 Å². The molecule has 0 amide bonds. The van der Waals surface area contributed by atoms with Crippen molar-refractivity contribution in [3.8, 4) is 11.5 Å². The number of hydrogen-bond donors (Lipinski definition) is 5. The molecule has 17 heteroatoms. The van der Waals surface area contributed by atoms with E-state index in [2.05, 4.69) is 15.8 Å². The summed E-state index contributed by atoms with van der Waals surface area (Å²) in [6.07, 6.45) is -4.48. The van der Waals surface area contributed by atoms with Gasteiger partial charge in [-0.05, 0) is 90.9 Å². The van der Waals surface area contributed by atoms with E-state index in [0.29, 0.717) is 44.7 Å². The van der Waals surface area contributed by atoms with Gasteiger partial charge in [0.25, 0.3) is 0 Å². The van der Waals surface area contributed by atoms with Gasteiger partial charge >= 0.3 is 5.97 Å². The lowest BCUT2D eigenvalue weighted by atomic mass is 9.74. The van der Waals surface area contributed by atoms with Crippen LogP contribution < -0.4 is 15.4 Å². The van der Waals surface area contributed by atoms with Crippen LogP contribution in [0.25, 0.3) is 0 Å². The quantitative estimate of drug-likeness (QED) is 0.0431. The van der Waals surface area contributed by atoms with Crippen LogP contribution in [0.4, 0.5) is 0 Å². The molecule has 13 atom stereocenters. The van der Waals surface area contributed by atoms with Crippen LogP contribution in [0.2, 0.25) is 0 Å². The second-order valence-corrected chi connectivity index (χ2v) is 19.9. The lowest BCUT2D eigenvalue weighted by molar-refractivity contribution is -0.295. The van der Waals surface area contributed by atoms with E-state index in [4.69, 9.17) is 28.5 Å². The van der Waals surface area contributed by atoms with Gasteiger partial charge in [-0.1, -0.05) is 63.2 Å². The Hall–Kier alpha value is -4.17. The monoisotopic (exact) mass is 983 g/mol. The van der Waals surface area contributed by atoms with Crippen LogP contribution in [0.1, 0.15) is 106 Å². The number of benzene rings is 2. The zero-order valence-electron chi connectivity index (χ0n) is 43.4. The number of aliphatic hydroxyl groups is 3. The van der Waals surface area contributed by atoms with Crippen LogP contribution in [0.15, 0.2) is 59.8 Å². The van der Waals surface area contributed by atoms with Crippen molar-refractivity contribution < 1.29 is 63.0 Å². The molecule has 0 spiro atoms. The Balaban J connectivity index is 1.35. The van der Waals surface area contributed by atoms with Gasteiger partial charge in [-0.15, -0.1) is 0 Å². The van der Waals surface area contributed by atoms with Crippen molar-refractivity contribution in [2.45, 2.75) is 161 Å². The fourth-order valence-corrected chi connectivity index (χ4v) is 9.50. The fraction of sp³-hybridized carbons (Fsp3) is 0.679. The molecule has 17 nitrogen and oxygen atoms in total. The highest BCUT2D eigenvalue weighted by Gasteiger charge is 2.51. The Kier molecular flexibility index (Phi) is 23.0. The molecule has 2 aromatic carbocycles. The first kappa shape index (κ1) is 58.4. The number of aliphatic hydroxyl groups excluding tert-OH is 2. The van der Waals surface area contributed by atoms with E-state index in [0.717, 1.165) is 17.1 Å². The van der Waals surface area contributed by atoms with Crippen molar-refractivity contribution in [1.82, 2.24) is 15.5 Å². The summed E-state index contributed by atoms with van der Waals surface area (Å²) in [5.74, 6) is -3.47. The maximum atomic E-state index is 14.2. The summed E-state index contributed by atoms with van der Waals surface area (Å²) < 4.78 is 30.7. The summed E-state index contributed by atoms with van der Waals surface area (Å²) >= 11 is 0. The van der Waals surface area contributed by atoms with Gasteiger partial charge in [0, 0.05) is 82.8 Å². The van der Waals surface area contributed by atoms with E-state index < -0.39 is 77.3 Å². The maximum Gasteiger partial charge on any atom is 0.316 e. The molecule has 0 radical (unpaired) electrons. The minimum Gasteiger partial charge on any atom is -0.459 e. The van der Waals surface area contributed by atoms with Gasteiger partial charge < -0.3 is 59.4 Å². The lowest BCUT2D eigenvalue weighted by Crippen LogP contribution is -2.60. The number of Topliss-reactive ketones (excluding diaryl/α,β-unsaturated/α-hetero) is 3. The van der Waals surface area contributed by atoms with E-state index in [1.807, 2.05) is 87.4 Å². The highest BCUT2D eigenvalue weighted by atomic mass is 16.7. The predicted octanol–water partition coefficient (Wildman–Crippen LogP) is 5.40. The van der Waals surface area contributed by atoms with Crippen LogP contribution in [0.3, 0.4) is 0 Å². The number of carbonyl (C=O) groups is 4. The Bertz CT molecular complexity index is 1980. The SMILES string of the molecule is CC[C@H]1OC(=O)[C@H](C)C(=O)[C@H](C)[C@@H](O[C@@H]2O[C@H](C)C[C@H](N(C)C)[C@H]2O)[C@@](C)(OC)C[C@@H](C)/C(=N\OCCNCCC(=O)CCC(=O)CCNCc2ccc(Oc3ccccc3)cc2)[C@@H](C)[C@@H](O)[C@]1(C)O. The van der Waals surface area contributed by atoms with Gasteiger partial charge in [0.15, 0.2) is 12.1 Å². The summed E-state index contributed by atoms with van der Waals surface area (Å²) in [5.41, 5.74) is -1.81. The predicted molar refractivity (Wildman–Crippen MR) is 265 cm³/mol. The first-order chi connectivity index (χ1) is 33.1. The number of carbonyl (C=O) groups excluding carboxylic acids is 4. The minimum absolute atomic E-state index is 0.0169. The Morgan fingerprint density at radius 3 is 2.07 bits per heavy atom. The number of hydrogen-bond acceptors (Lipinski definition) is 17. The van der Waals surface area contributed by atoms with E-state index in [-0.39, 0.29) is 62.4 Å². The lowest BCUT2D eigenvalue weighted by Gasteiger charge is -2.47. The molecule has 0 aliphatic carbocycles. The molecule has 5 N–H and O–H groups in total. The molecule has 0 bridgehead atoms. The Morgan fingerprint density at radius 2 is 1.47 bits per heavy atom. The standard InChI is InChI=1S/C53H82N4O13/c1-12-44-53(8,64)48(62)35(4)45(33(2)31-52(7,65-11)49(36(5)46(60)37(6)50(63)69-44)70-51-47(61)43(57(9)10)30-34(3)67-51)56-66-29-28-54-26-24-39(58)20-21-40(59)25-27-55-32-38-18-22-42(23-19-38)68-41-16-14-13-15-17-41/h13-19,22-23,33-37,43-44,47-49,51,54-55,61-62,64H,12,20-21,24-32H2,1-11H3/b56-45+/t33-,34-,35-,36+,37-,43+,44-,47-,48-,49-,51+,52+,53-/m1/s1. The molecule has 2 aliphatic heterocycles. The number of ether oxygens (including phenoxy) is 5. The Morgan fingerprint density at radius 1 is 0.857 bits per heavy atom. The van der Waals surface area contributed by atoms with Crippen LogP contribution in [0.5, 0.6) is 11.5 Å². The molecular weight excluding hydrogens is 901 g/mol. The van der Waals surface area contributed by atoms with Gasteiger partial charge in [0.1, 0.15) is 53.4 Å². The van der Waals surface area contributed by atoms with E-state index in [1.165, 1.54) is 21.0 Å². The van der Waals surface area contributed by atoms with Gasteiger partial charge in [-0.25, -0.2) is 0 Å². The smallest absolute Gasteiger partial charge is 0.316 e. The summed E-state index contributed by atoms with van der Waals surface area (Å²) in [7, 11) is 5.22. The van der Waals surface area contributed by atoms with Gasteiger partial charge in [0.2, 0.25) is 0 Å². The molecular formula is C53H82N4O13. The third-order valence-corrected chi connectivity index (χ3v) is 14.0. The third kappa shape index (κ3) is 16.4. The number of cyclic esters (lactones) is 1. The highest BCUT2D eigenvalue weighted by molar-refractivity contribution is 6.00. The second-order valence-electron chi connectivity index (χ2n) is 19.9. The van der Waals surface area contributed by atoms with Crippen LogP contribution in [-0.4, -0.2) is 151 Å². The summed E-state index contributed by atoms with van der Waals surface area (Å²) in [6, 6.07) is 17.0. The van der Waals surface area contributed by atoms with E-state index in [1.54, 1.807) is 27.7 Å². The molecule has 2 aliphatic rings. The highest BCUT2D eigenvalue weighted by Crippen LogP contribution is 2.39. The van der Waals surface area contributed by atoms with E-state index in [9.17, 15) is 34.5 Å². The normalized spacial score (nSPS) is 32.0. The number of ketones is 3. The van der Waals surface area contributed by atoms with Crippen molar-refractivity contribution in [3.05, 3.63) is 60.2 Å². The number of esters is 1. The molecule has 2 aromatic rings. The molecule has 4 rings (SSSR count).